The summed E-state index contributed by atoms with van der Waals surface area (Å²) >= 11 is 7.47. The molecule has 0 spiro atoms. The van der Waals surface area contributed by atoms with Crippen LogP contribution in [0.15, 0.2) is 78.9 Å². The van der Waals surface area contributed by atoms with Crippen LogP contribution < -0.4 is 10.6 Å². The van der Waals surface area contributed by atoms with Crippen molar-refractivity contribution < 1.29 is 19.5 Å². The highest BCUT2D eigenvalue weighted by Gasteiger charge is 2.49. The quantitative estimate of drug-likeness (QED) is 0.275. The molecule has 9 heteroatoms. The fraction of sp³-hybridized carbons (Fsp3) is 0.364. The average molecular weight is 608 g/mol. The standard InChI is InChI=1S/C33H38ClN3O4S/c1-22-9-7-8-12-25(22)15-18-28(38)30-33(2,3)42-21-37(30)31(40)29(39)27(19-23-10-5-4-6-11-23)36-32(41)35-20-24-13-16-26(34)17-14-24/h4-14,16-17,27,29-30,39H,15,18-21H2,1-3H3,(H2,35,36,41). The number of thioether (sulfide) groups is 1. The van der Waals surface area contributed by atoms with Gasteiger partial charge in [-0.2, -0.15) is 0 Å². The molecule has 1 saturated heterocycles. The van der Waals surface area contributed by atoms with Crippen molar-refractivity contribution in [2.24, 2.45) is 0 Å². The highest BCUT2D eigenvalue weighted by Crippen LogP contribution is 2.40. The predicted molar refractivity (Wildman–Crippen MR) is 168 cm³/mol. The lowest BCUT2D eigenvalue weighted by atomic mass is 9.92. The summed E-state index contributed by atoms with van der Waals surface area (Å²) in [5.74, 6) is -0.326. The van der Waals surface area contributed by atoms with E-state index in [0.29, 0.717) is 11.4 Å². The molecule has 7 nitrogen and oxygen atoms in total. The Morgan fingerprint density at radius 1 is 1.00 bits per heavy atom. The van der Waals surface area contributed by atoms with Gasteiger partial charge in [-0.3, -0.25) is 9.59 Å². The third-order valence-corrected chi connectivity index (χ3v) is 9.28. The van der Waals surface area contributed by atoms with Gasteiger partial charge in [0.1, 0.15) is 6.04 Å². The van der Waals surface area contributed by atoms with E-state index < -0.39 is 34.9 Å². The van der Waals surface area contributed by atoms with Crippen LogP contribution in [-0.2, 0) is 29.0 Å². The fourth-order valence-corrected chi connectivity index (χ4v) is 6.55. The van der Waals surface area contributed by atoms with E-state index in [1.807, 2.05) is 87.5 Å². The number of Topliss-reactive ketones (excluding diaryl/α,β-unsaturated/α-hetero) is 1. The minimum Gasteiger partial charge on any atom is -0.381 e. The number of nitrogens with zero attached hydrogens (tertiary/aromatic N) is 1. The third kappa shape index (κ3) is 8.15. The number of ketones is 1. The number of aliphatic hydroxyl groups excluding tert-OH is 1. The monoisotopic (exact) mass is 607 g/mol. The van der Waals surface area contributed by atoms with Crippen molar-refractivity contribution in [3.05, 3.63) is 106 Å². The highest BCUT2D eigenvalue weighted by molar-refractivity contribution is 8.00. The van der Waals surface area contributed by atoms with E-state index in [-0.39, 0.29) is 31.0 Å². The summed E-state index contributed by atoms with van der Waals surface area (Å²) in [6.07, 6.45) is -0.441. The number of halogens is 1. The summed E-state index contributed by atoms with van der Waals surface area (Å²) in [7, 11) is 0. The Balaban J connectivity index is 1.47. The van der Waals surface area contributed by atoms with Gasteiger partial charge in [0.2, 0.25) is 0 Å². The van der Waals surface area contributed by atoms with Gasteiger partial charge in [0.05, 0.1) is 11.9 Å². The van der Waals surface area contributed by atoms with Crippen LogP contribution in [0.2, 0.25) is 5.02 Å². The van der Waals surface area contributed by atoms with Crippen LogP contribution in [-0.4, -0.2) is 56.5 Å². The molecule has 4 rings (SSSR count). The molecule has 3 N–H and O–H groups in total. The summed E-state index contributed by atoms with van der Waals surface area (Å²) < 4.78 is -0.517. The zero-order valence-electron chi connectivity index (χ0n) is 24.2. The molecule has 1 fully saturated rings. The van der Waals surface area contributed by atoms with Crippen LogP contribution in [0.5, 0.6) is 0 Å². The van der Waals surface area contributed by atoms with Crippen molar-refractivity contribution >= 4 is 41.1 Å². The van der Waals surface area contributed by atoms with Crippen LogP contribution in [0, 0.1) is 6.92 Å². The number of amides is 3. The smallest absolute Gasteiger partial charge is 0.315 e. The number of carbonyl (C=O) groups is 3. The summed E-state index contributed by atoms with van der Waals surface area (Å²) in [5, 5.41) is 17.6. The van der Waals surface area contributed by atoms with Crippen LogP contribution >= 0.6 is 23.4 Å². The van der Waals surface area contributed by atoms with E-state index in [1.54, 1.807) is 12.1 Å². The molecule has 0 aliphatic carbocycles. The number of carbonyl (C=O) groups excluding carboxylic acids is 3. The van der Waals surface area contributed by atoms with Crippen LogP contribution in [0.4, 0.5) is 4.79 Å². The van der Waals surface area contributed by atoms with E-state index in [0.717, 1.165) is 22.3 Å². The summed E-state index contributed by atoms with van der Waals surface area (Å²) in [4.78, 5) is 41.8. The molecule has 0 saturated carbocycles. The Bertz CT molecular complexity index is 1380. The lowest BCUT2D eigenvalue weighted by molar-refractivity contribution is -0.146. The molecule has 3 aromatic carbocycles. The van der Waals surface area contributed by atoms with Gasteiger partial charge in [-0.25, -0.2) is 4.79 Å². The number of hydrogen-bond acceptors (Lipinski definition) is 5. The van der Waals surface area contributed by atoms with Crippen molar-refractivity contribution in [2.45, 2.75) is 69.5 Å². The summed E-state index contributed by atoms with van der Waals surface area (Å²) in [6, 6.07) is 22.3. The lowest BCUT2D eigenvalue weighted by Crippen LogP contribution is -2.57. The minimum absolute atomic E-state index is 0.0397. The SMILES string of the molecule is Cc1ccccc1CCC(=O)C1N(C(=O)C(O)C(Cc2ccccc2)NC(=O)NCc2ccc(Cl)cc2)CSC1(C)C. The molecule has 0 aromatic heterocycles. The molecule has 0 radical (unpaired) electrons. The Kier molecular flexibility index (Phi) is 10.7. The molecule has 42 heavy (non-hydrogen) atoms. The van der Waals surface area contributed by atoms with Gasteiger partial charge >= 0.3 is 6.03 Å². The van der Waals surface area contributed by atoms with Gasteiger partial charge in [0, 0.05) is 22.7 Å². The number of urea groups is 1. The van der Waals surface area contributed by atoms with E-state index in [9.17, 15) is 19.5 Å². The van der Waals surface area contributed by atoms with Crippen LogP contribution in [0.25, 0.3) is 0 Å². The van der Waals surface area contributed by atoms with E-state index in [4.69, 9.17) is 11.6 Å². The largest absolute Gasteiger partial charge is 0.381 e. The second-order valence-corrected chi connectivity index (χ2v) is 13.2. The normalized spacial score (nSPS) is 17.4. The Labute approximate surface area is 257 Å². The summed E-state index contributed by atoms with van der Waals surface area (Å²) in [5.41, 5.74) is 3.94. The maximum absolute atomic E-state index is 13.8. The van der Waals surface area contributed by atoms with Gasteiger partial charge in [-0.15, -0.1) is 11.8 Å². The van der Waals surface area contributed by atoms with E-state index in [2.05, 4.69) is 10.6 Å². The Morgan fingerprint density at radius 3 is 2.36 bits per heavy atom. The number of hydrogen-bond donors (Lipinski definition) is 3. The third-order valence-electron chi connectivity index (χ3n) is 7.65. The van der Waals surface area contributed by atoms with Crippen molar-refractivity contribution in [3.63, 3.8) is 0 Å². The van der Waals surface area contributed by atoms with Gasteiger partial charge in [0.15, 0.2) is 11.9 Å². The van der Waals surface area contributed by atoms with Gasteiger partial charge in [-0.05, 0) is 68.0 Å². The van der Waals surface area contributed by atoms with Gasteiger partial charge < -0.3 is 20.6 Å². The number of benzene rings is 3. The molecule has 3 atom stereocenters. The maximum Gasteiger partial charge on any atom is 0.315 e. The first-order valence-electron chi connectivity index (χ1n) is 14.1. The lowest BCUT2D eigenvalue weighted by Gasteiger charge is -2.33. The molecular weight excluding hydrogens is 570 g/mol. The first kappa shape index (κ1) is 31.6. The second kappa shape index (κ2) is 14.2. The van der Waals surface area contributed by atoms with Crippen molar-refractivity contribution in [1.82, 2.24) is 15.5 Å². The van der Waals surface area contributed by atoms with Crippen LogP contribution in [0.1, 0.15) is 42.5 Å². The number of aryl methyl sites for hydroxylation is 2. The maximum atomic E-state index is 13.8. The van der Waals surface area contributed by atoms with Crippen molar-refractivity contribution in [2.75, 3.05) is 5.88 Å². The fourth-order valence-electron chi connectivity index (χ4n) is 5.26. The zero-order valence-corrected chi connectivity index (χ0v) is 25.8. The predicted octanol–water partition coefficient (Wildman–Crippen LogP) is 5.30. The number of rotatable bonds is 11. The highest BCUT2D eigenvalue weighted by atomic mass is 35.5. The average Bonchev–Trinajstić information content (AvgIpc) is 3.30. The number of nitrogens with one attached hydrogen (secondary N) is 2. The zero-order chi connectivity index (χ0) is 30.3. The summed E-state index contributed by atoms with van der Waals surface area (Å²) in [6.45, 7) is 6.18. The van der Waals surface area contributed by atoms with Gasteiger partial charge in [-0.1, -0.05) is 78.3 Å². The van der Waals surface area contributed by atoms with Crippen LogP contribution in [0.3, 0.4) is 0 Å². The molecule has 3 amide bonds. The Hall–Kier alpha value is -3.33. The van der Waals surface area contributed by atoms with Crippen molar-refractivity contribution in [3.8, 4) is 0 Å². The molecule has 1 aliphatic rings. The first-order chi connectivity index (χ1) is 20.0. The van der Waals surface area contributed by atoms with Gasteiger partial charge in [0.25, 0.3) is 5.91 Å². The molecule has 3 unspecified atom stereocenters. The molecule has 1 aliphatic heterocycles. The van der Waals surface area contributed by atoms with E-state index >= 15 is 0 Å². The molecule has 222 valence electrons. The minimum atomic E-state index is -1.55. The van der Waals surface area contributed by atoms with E-state index in [1.165, 1.54) is 16.7 Å². The molecule has 1 heterocycles. The second-order valence-electron chi connectivity index (χ2n) is 11.2. The Morgan fingerprint density at radius 2 is 1.67 bits per heavy atom. The first-order valence-corrected chi connectivity index (χ1v) is 15.4. The number of aliphatic hydroxyl groups is 1. The molecular formula is C33H38ClN3O4S. The topological polar surface area (TPSA) is 98.7 Å². The molecule has 0 bridgehead atoms. The van der Waals surface area contributed by atoms with Crippen molar-refractivity contribution in [1.29, 1.82) is 0 Å². The molecule has 3 aromatic rings.